The summed E-state index contributed by atoms with van der Waals surface area (Å²) in [6, 6.07) is 15.0. The Kier molecular flexibility index (Phi) is 5.64. The Bertz CT molecular complexity index is 885. The third kappa shape index (κ3) is 4.81. The molecule has 0 spiro atoms. The van der Waals surface area contributed by atoms with Crippen molar-refractivity contribution in [2.75, 3.05) is 18.4 Å². The molecule has 0 saturated heterocycles. The van der Waals surface area contributed by atoms with E-state index in [1.54, 1.807) is 0 Å². The van der Waals surface area contributed by atoms with E-state index in [0.29, 0.717) is 12.5 Å². The zero-order valence-corrected chi connectivity index (χ0v) is 17.6. The molecule has 0 saturated carbocycles. The molecule has 4 nitrogen and oxygen atoms in total. The highest BCUT2D eigenvalue weighted by atomic mass is 16.3. The number of para-hydroxylation sites is 1. The van der Waals surface area contributed by atoms with E-state index in [9.17, 15) is 9.90 Å². The van der Waals surface area contributed by atoms with Crippen molar-refractivity contribution < 1.29 is 9.90 Å². The van der Waals surface area contributed by atoms with E-state index >= 15 is 0 Å². The number of carbonyl (C=O) groups excluding carboxylic acids is 1. The van der Waals surface area contributed by atoms with E-state index in [1.807, 2.05) is 19.9 Å². The molecule has 2 aromatic carbocycles. The first-order chi connectivity index (χ1) is 13.9. The van der Waals surface area contributed by atoms with Crippen LogP contribution in [0.4, 0.5) is 5.69 Å². The number of hydrogen-bond acceptors (Lipinski definition) is 3. The Balaban J connectivity index is 1.42. The predicted octanol–water partition coefficient (Wildman–Crippen LogP) is 3.95. The molecule has 2 N–H and O–H groups in total. The van der Waals surface area contributed by atoms with Gasteiger partial charge in [-0.25, -0.2) is 0 Å². The fourth-order valence-electron chi connectivity index (χ4n) is 4.49. The number of aryl methyl sites for hydroxylation is 1. The molecule has 2 aromatic rings. The van der Waals surface area contributed by atoms with E-state index in [2.05, 4.69) is 46.6 Å². The lowest BCUT2D eigenvalue weighted by Crippen LogP contribution is -2.40. The monoisotopic (exact) mass is 392 g/mol. The number of aliphatic hydroxyl groups is 1. The summed E-state index contributed by atoms with van der Waals surface area (Å²) < 4.78 is 0. The molecule has 1 amide bonds. The zero-order chi connectivity index (χ0) is 20.4. The van der Waals surface area contributed by atoms with Gasteiger partial charge in [-0.2, -0.15) is 0 Å². The van der Waals surface area contributed by atoms with Crippen LogP contribution in [0.2, 0.25) is 0 Å². The van der Waals surface area contributed by atoms with Crippen molar-refractivity contribution in [3.05, 3.63) is 64.7 Å². The minimum atomic E-state index is -0.634. The highest BCUT2D eigenvalue weighted by Gasteiger charge is 2.29. The van der Waals surface area contributed by atoms with Crippen LogP contribution in [0, 0.1) is 5.92 Å². The number of nitrogens with one attached hydrogen (secondary N) is 1. The highest BCUT2D eigenvalue weighted by molar-refractivity contribution is 5.80. The van der Waals surface area contributed by atoms with E-state index < -0.39 is 5.60 Å². The molecular weight excluding hydrogens is 360 g/mol. The summed E-state index contributed by atoms with van der Waals surface area (Å²) in [5.41, 5.74) is 5.68. The molecule has 1 unspecified atom stereocenters. The minimum absolute atomic E-state index is 0.0544. The number of hydrogen-bond donors (Lipinski definition) is 2. The second kappa shape index (κ2) is 8.19. The fourth-order valence-corrected chi connectivity index (χ4v) is 4.49. The fraction of sp³-hybridized carbons (Fsp3) is 0.480. The maximum atomic E-state index is 13.3. The summed E-state index contributed by atoms with van der Waals surface area (Å²) >= 11 is 0. The highest BCUT2D eigenvalue weighted by Crippen LogP contribution is 2.28. The first-order valence-corrected chi connectivity index (χ1v) is 10.8. The van der Waals surface area contributed by atoms with Crippen molar-refractivity contribution >= 4 is 11.6 Å². The van der Waals surface area contributed by atoms with Crippen LogP contribution in [0.3, 0.4) is 0 Å². The van der Waals surface area contributed by atoms with Crippen LogP contribution in [0.15, 0.2) is 42.5 Å². The summed E-state index contributed by atoms with van der Waals surface area (Å²) in [4.78, 5) is 15.3. The summed E-state index contributed by atoms with van der Waals surface area (Å²) in [5, 5.41) is 13.4. The van der Waals surface area contributed by atoms with Crippen molar-refractivity contribution in [2.24, 2.45) is 5.92 Å². The molecular formula is C25H32N2O2. The average Bonchev–Trinajstić information content (AvgIpc) is 2.93. The molecule has 0 radical (unpaired) electrons. The largest absolute Gasteiger partial charge is 0.390 e. The van der Waals surface area contributed by atoms with E-state index in [4.69, 9.17) is 0 Å². The molecule has 154 valence electrons. The summed E-state index contributed by atoms with van der Waals surface area (Å²) in [6.45, 7) is 6.08. The molecule has 2 aliphatic heterocycles. The summed E-state index contributed by atoms with van der Waals surface area (Å²) in [5.74, 6) is 0.346. The van der Waals surface area contributed by atoms with Crippen LogP contribution in [0.1, 0.15) is 48.9 Å². The third-order valence-corrected chi connectivity index (χ3v) is 6.26. The third-order valence-electron chi connectivity index (χ3n) is 6.26. The molecule has 1 atom stereocenters. The van der Waals surface area contributed by atoms with Gasteiger partial charge in [0.2, 0.25) is 5.91 Å². The molecule has 2 heterocycles. The average molecular weight is 393 g/mol. The Labute approximate surface area is 173 Å². The van der Waals surface area contributed by atoms with Gasteiger partial charge in [-0.1, -0.05) is 36.4 Å². The molecule has 2 aliphatic rings. The van der Waals surface area contributed by atoms with Gasteiger partial charge in [-0.05, 0) is 74.3 Å². The van der Waals surface area contributed by atoms with Crippen molar-refractivity contribution in [3.63, 3.8) is 0 Å². The van der Waals surface area contributed by atoms with Gasteiger partial charge >= 0.3 is 0 Å². The van der Waals surface area contributed by atoms with Gasteiger partial charge in [0.15, 0.2) is 0 Å². The SMILES string of the molecule is CC(C)(O)CCc1ccc2c(c1)CCN(C(=O)C1CCNc3ccccc3C1)C2. The van der Waals surface area contributed by atoms with Gasteiger partial charge in [0.05, 0.1) is 5.60 Å². The Morgan fingerprint density at radius 1 is 1.17 bits per heavy atom. The molecule has 29 heavy (non-hydrogen) atoms. The van der Waals surface area contributed by atoms with Crippen molar-refractivity contribution in [2.45, 2.75) is 58.1 Å². The summed E-state index contributed by atoms with van der Waals surface area (Å²) in [7, 11) is 0. The van der Waals surface area contributed by atoms with Crippen LogP contribution in [-0.4, -0.2) is 34.6 Å². The molecule has 0 aliphatic carbocycles. The Morgan fingerprint density at radius 3 is 2.83 bits per heavy atom. The van der Waals surface area contributed by atoms with Crippen LogP contribution in [-0.2, 0) is 30.6 Å². The van der Waals surface area contributed by atoms with Crippen LogP contribution in [0.25, 0.3) is 0 Å². The predicted molar refractivity (Wildman–Crippen MR) is 117 cm³/mol. The first kappa shape index (κ1) is 20.0. The number of rotatable bonds is 4. The summed E-state index contributed by atoms with van der Waals surface area (Å²) in [6.07, 6.45) is 4.26. The number of carbonyl (C=O) groups is 1. The van der Waals surface area contributed by atoms with E-state index in [0.717, 1.165) is 45.2 Å². The van der Waals surface area contributed by atoms with Gasteiger partial charge in [0.25, 0.3) is 0 Å². The topological polar surface area (TPSA) is 52.6 Å². The lowest BCUT2D eigenvalue weighted by atomic mass is 9.91. The normalized spacial score (nSPS) is 19.0. The van der Waals surface area contributed by atoms with Crippen molar-refractivity contribution in [1.82, 2.24) is 4.90 Å². The maximum Gasteiger partial charge on any atom is 0.226 e. The molecule has 4 heteroatoms. The van der Waals surface area contributed by atoms with Gasteiger partial charge in [-0.3, -0.25) is 4.79 Å². The van der Waals surface area contributed by atoms with Gasteiger partial charge in [-0.15, -0.1) is 0 Å². The second-order valence-corrected chi connectivity index (χ2v) is 9.20. The Morgan fingerprint density at radius 2 is 2.00 bits per heavy atom. The second-order valence-electron chi connectivity index (χ2n) is 9.20. The van der Waals surface area contributed by atoms with Crippen LogP contribution in [0.5, 0.6) is 0 Å². The van der Waals surface area contributed by atoms with Crippen molar-refractivity contribution in [1.29, 1.82) is 0 Å². The van der Waals surface area contributed by atoms with Gasteiger partial charge in [0.1, 0.15) is 0 Å². The zero-order valence-electron chi connectivity index (χ0n) is 17.6. The lowest BCUT2D eigenvalue weighted by Gasteiger charge is -2.32. The number of nitrogens with zero attached hydrogens (tertiary/aromatic N) is 1. The standard InChI is InChI=1S/C25H32N2O2/c1-25(2,29)12-9-18-7-8-22-17-27(14-11-19(22)15-18)24(28)21-10-13-26-23-6-4-3-5-20(23)16-21/h3-8,15,21,26,29H,9-14,16-17H2,1-2H3. The molecule has 0 bridgehead atoms. The Hall–Kier alpha value is -2.33. The first-order valence-electron chi connectivity index (χ1n) is 10.8. The van der Waals surface area contributed by atoms with Gasteiger partial charge < -0.3 is 15.3 Å². The lowest BCUT2D eigenvalue weighted by molar-refractivity contribution is -0.136. The molecule has 0 fully saturated rings. The van der Waals surface area contributed by atoms with Crippen LogP contribution < -0.4 is 5.32 Å². The quantitative estimate of drug-likeness (QED) is 0.828. The number of fused-ring (bicyclic) bond motifs is 2. The number of anilines is 1. The van der Waals surface area contributed by atoms with E-state index in [-0.39, 0.29) is 5.92 Å². The minimum Gasteiger partial charge on any atom is -0.390 e. The maximum absolute atomic E-state index is 13.3. The van der Waals surface area contributed by atoms with Gasteiger partial charge in [0, 0.05) is 31.2 Å². The number of amides is 1. The smallest absolute Gasteiger partial charge is 0.226 e. The van der Waals surface area contributed by atoms with Crippen molar-refractivity contribution in [3.8, 4) is 0 Å². The molecule has 4 rings (SSSR count). The number of benzene rings is 2. The molecule has 0 aromatic heterocycles. The van der Waals surface area contributed by atoms with Crippen LogP contribution >= 0.6 is 0 Å². The van der Waals surface area contributed by atoms with E-state index in [1.165, 1.54) is 27.9 Å².